The number of Topliss-reactive ketones (excluding diaryl/α,β-unsaturated/α-hetero) is 1. The summed E-state index contributed by atoms with van der Waals surface area (Å²) in [6.45, 7) is 2.47. The van der Waals surface area contributed by atoms with Crippen molar-refractivity contribution in [1.82, 2.24) is 0 Å². The topological polar surface area (TPSA) is 61.1 Å². The molecule has 3 nitrogen and oxygen atoms in total. The number of rotatable bonds is 2. The number of ketones is 1. The minimum atomic E-state index is -0.106. The fourth-order valence-corrected chi connectivity index (χ4v) is 8.15. The van der Waals surface area contributed by atoms with E-state index in [1.54, 1.807) is 0 Å². The quantitative estimate of drug-likeness (QED) is 0.761. The summed E-state index contributed by atoms with van der Waals surface area (Å²) in [6, 6.07) is 10.6. The fraction of sp³-hybridized carbons (Fsp3) is 0.680. The molecule has 5 unspecified atom stereocenters. The molecule has 5 rings (SSSR count). The predicted molar refractivity (Wildman–Crippen MR) is 110 cm³/mol. The van der Waals surface area contributed by atoms with Gasteiger partial charge in [-0.3, -0.25) is 4.79 Å². The average Bonchev–Trinajstić information content (AvgIpc) is 3.03. The van der Waals surface area contributed by atoms with E-state index < -0.39 is 0 Å². The maximum absolute atomic E-state index is 12.6. The van der Waals surface area contributed by atoms with Crippen LogP contribution in [0.4, 0.5) is 0 Å². The zero-order valence-corrected chi connectivity index (χ0v) is 17.0. The van der Waals surface area contributed by atoms with E-state index in [2.05, 4.69) is 31.2 Å². The van der Waals surface area contributed by atoms with Crippen LogP contribution in [-0.4, -0.2) is 23.2 Å². The highest BCUT2D eigenvalue weighted by molar-refractivity contribution is 5.90. The molecule has 150 valence electrons. The van der Waals surface area contributed by atoms with Crippen LogP contribution in [0.5, 0.6) is 0 Å². The molecule has 1 aromatic carbocycles. The highest BCUT2D eigenvalue weighted by Gasteiger charge is 2.62. The maximum atomic E-state index is 12.6. The Balaban J connectivity index is 1.53. The Kier molecular flexibility index (Phi) is 4.32. The third kappa shape index (κ3) is 2.38. The molecule has 28 heavy (non-hydrogen) atoms. The van der Waals surface area contributed by atoms with Gasteiger partial charge >= 0.3 is 0 Å². The van der Waals surface area contributed by atoms with Crippen molar-refractivity contribution in [3.63, 3.8) is 0 Å². The van der Waals surface area contributed by atoms with Gasteiger partial charge in [0.2, 0.25) is 0 Å². The molecule has 0 saturated heterocycles. The summed E-state index contributed by atoms with van der Waals surface area (Å²) in [4.78, 5) is 12.6. The highest BCUT2D eigenvalue weighted by atomic mass is 16.3. The second-order valence-corrected chi connectivity index (χ2v) is 10.3. The first kappa shape index (κ1) is 18.5. The van der Waals surface area contributed by atoms with Gasteiger partial charge in [-0.05, 0) is 74.2 Å². The molecule has 4 saturated carbocycles. The summed E-state index contributed by atoms with van der Waals surface area (Å²) < 4.78 is 0. The monoisotopic (exact) mass is 379 g/mol. The number of aliphatic hydroxyl groups excluding tert-OH is 1. The lowest BCUT2D eigenvalue weighted by Gasteiger charge is -2.61. The van der Waals surface area contributed by atoms with Gasteiger partial charge in [0.05, 0.1) is 0 Å². The Bertz CT molecular complexity index is 789. The molecule has 0 aliphatic heterocycles. The molecule has 1 aromatic rings. The number of hydrogen-bond donors (Lipinski definition) is 2. The third-order valence-corrected chi connectivity index (χ3v) is 9.52. The highest BCUT2D eigenvalue weighted by Crippen LogP contribution is 2.66. The van der Waals surface area contributed by atoms with Crippen LogP contribution in [0.2, 0.25) is 0 Å². The van der Waals surface area contributed by atoms with E-state index in [0.29, 0.717) is 29.5 Å². The van der Waals surface area contributed by atoms with Gasteiger partial charge in [0.25, 0.3) is 0 Å². The maximum Gasteiger partial charge on any atom is 0.139 e. The summed E-state index contributed by atoms with van der Waals surface area (Å²) >= 11 is 0. The first-order chi connectivity index (χ1) is 13.5. The van der Waals surface area contributed by atoms with Gasteiger partial charge in [-0.15, -0.1) is 0 Å². The van der Waals surface area contributed by atoms with Crippen LogP contribution in [0, 0.1) is 39.9 Å². The molecule has 4 aliphatic carbocycles. The lowest BCUT2D eigenvalue weighted by molar-refractivity contribution is -0.145. The van der Waals surface area contributed by atoms with Crippen molar-refractivity contribution in [3.8, 4) is 0 Å². The van der Waals surface area contributed by atoms with Crippen LogP contribution < -0.4 is 0 Å². The van der Waals surface area contributed by atoms with Crippen LogP contribution in [0.1, 0.15) is 69.8 Å². The summed E-state index contributed by atoms with van der Waals surface area (Å²) in [5.74, 6) is 2.62. The van der Waals surface area contributed by atoms with Crippen molar-refractivity contribution in [2.75, 3.05) is 6.61 Å². The van der Waals surface area contributed by atoms with E-state index in [1.165, 1.54) is 12.0 Å². The summed E-state index contributed by atoms with van der Waals surface area (Å²) in [6.07, 6.45) is 7.91. The zero-order chi connectivity index (χ0) is 19.5. The van der Waals surface area contributed by atoms with E-state index in [-0.39, 0.29) is 23.4 Å². The molecule has 7 atom stereocenters. The normalized spacial score (nSPS) is 45.3. The number of hydrogen-bond acceptors (Lipinski definition) is 3. The Labute approximate surface area is 168 Å². The molecule has 0 spiro atoms. The summed E-state index contributed by atoms with van der Waals surface area (Å²) in [7, 11) is 0. The first-order valence-electron chi connectivity index (χ1n) is 11.3. The molecule has 0 radical (unpaired) electrons. The van der Waals surface area contributed by atoms with Gasteiger partial charge in [0.1, 0.15) is 5.78 Å². The van der Waals surface area contributed by atoms with Crippen molar-refractivity contribution in [1.29, 1.82) is 5.41 Å². The van der Waals surface area contributed by atoms with Gasteiger partial charge in [-0.2, -0.15) is 0 Å². The molecule has 4 aliphatic rings. The van der Waals surface area contributed by atoms with E-state index in [9.17, 15) is 9.90 Å². The average molecular weight is 380 g/mol. The SMILES string of the molecule is C[C@]12CCC3C(CCC4C(c5ccccc5)C(=N)CC[C@@]43CO)C1CCC2=O. The van der Waals surface area contributed by atoms with Gasteiger partial charge in [-0.1, -0.05) is 37.3 Å². The minimum Gasteiger partial charge on any atom is -0.396 e. The third-order valence-electron chi connectivity index (χ3n) is 9.52. The van der Waals surface area contributed by atoms with Crippen LogP contribution in [0.15, 0.2) is 30.3 Å². The smallest absolute Gasteiger partial charge is 0.139 e. The number of carbonyl (C=O) groups excluding carboxylic acids is 1. The van der Waals surface area contributed by atoms with E-state index >= 15 is 0 Å². The Morgan fingerprint density at radius 2 is 1.79 bits per heavy atom. The summed E-state index contributed by atoms with van der Waals surface area (Å²) in [5.41, 5.74) is 1.94. The van der Waals surface area contributed by atoms with Gasteiger partial charge in [0.15, 0.2) is 0 Å². The van der Waals surface area contributed by atoms with Gasteiger partial charge < -0.3 is 10.5 Å². The Hall–Kier alpha value is -1.48. The predicted octanol–water partition coefficient (Wildman–Crippen LogP) is 4.98. The number of nitrogens with one attached hydrogen (secondary N) is 1. The molecule has 2 N–H and O–H groups in total. The first-order valence-corrected chi connectivity index (χ1v) is 11.3. The Morgan fingerprint density at radius 1 is 1.00 bits per heavy atom. The second kappa shape index (κ2) is 6.52. The molecule has 0 aromatic heterocycles. The van der Waals surface area contributed by atoms with Crippen LogP contribution in [-0.2, 0) is 4.79 Å². The lowest BCUT2D eigenvalue weighted by Crippen LogP contribution is -2.58. The Morgan fingerprint density at radius 3 is 2.54 bits per heavy atom. The molecule has 4 fully saturated rings. The fourth-order valence-electron chi connectivity index (χ4n) is 8.15. The van der Waals surface area contributed by atoms with Gasteiger partial charge in [0, 0.05) is 35.5 Å². The zero-order valence-electron chi connectivity index (χ0n) is 17.0. The number of aliphatic hydroxyl groups is 1. The van der Waals surface area contributed by atoms with Crippen LogP contribution >= 0.6 is 0 Å². The van der Waals surface area contributed by atoms with Crippen molar-refractivity contribution < 1.29 is 9.90 Å². The molecule has 0 amide bonds. The second-order valence-electron chi connectivity index (χ2n) is 10.3. The van der Waals surface area contributed by atoms with Crippen molar-refractivity contribution in [2.45, 2.75) is 64.2 Å². The number of benzene rings is 1. The van der Waals surface area contributed by atoms with E-state index in [4.69, 9.17) is 5.41 Å². The lowest BCUT2D eigenvalue weighted by atomic mass is 9.43. The standard InChI is InChI=1S/C25H33NO2/c1-24-13-11-19-17(18(24)9-10-22(24)28)7-8-20-23(16-5-3-2-4-6-16)21(26)12-14-25(19,20)15-27/h2-6,17-20,23,26-27H,7-15H2,1H3/t17?,18?,19?,20?,23?,24-,25-/m0/s1. The minimum absolute atomic E-state index is 0.0685. The van der Waals surface area contributed by atoms with Crippen LogP contribution in [0.3, 0.4) is 0 Å². The molecule has 0 bridgehead atoms. The van der Waals surface area contributed by atoms with Crippen molar-refractivity contribution in [3.05, 3.63) is 35.9 Å². The van der Waals surface area contributed by atoms with Crippen LogP contribution in [0.25, 0.3) is 0 Å². The van der Waals surface area contributed by atoms with E-state index in [1.807, 2.05) is 6.07 Å². The van der Waals surface area contributed by atoms with Crippen molar-refractivity contribution in [2.24, 2.45) is 34.5 Å². The molecule has 0 heterocycles. The number of carbonyl (C=O) groups is 1. The molecule has 3 heteroatoms. The largest absolute Gasteiger partial charge is 0.396 e. The molecular formula is C25H33NO2. The van der Waals surface area contributed by atoms with Gasteiger partial charge in [-0.25, -0.2) is 0 Å². The number of fused-ring (bicyclic) bond motifs is 5. The molecular weight excluding hydrogens is 346 g/mol. The summed E-state index contributed by atoms with van der Waals surface area (Å²) in [5, 5.41) is 19.5. The van der Waals surface area contributed by atoms with E-state index in [0.717, 1.165) is 50.7 Å². The van der Waals surface area contributed by atoms with Crippen molar-refractivity contribution >= 4 is 11.5 Å².